The second-order valence-electron chi connectivity index (χ2n) is 9.17. The van der Waals surface area contributed by atoms with Gasteiger partial charge < -0.3 is 9.72 Å². The van der Waals surface area contributed by atoms with E-state index in [0.29, 0.717) is 5.48 Å². The van der Waals surface area contributed by atoms with Crippen LogP contribution in [0.25, 0.3) is 28.6 Å². The Hall–Kier alpha value is -4.52. The van der Waals surface area contributed by atoms with Gasteiger partial charge in [-0.1, -0.05) is 36.4 Å². The molecule has 35 heavy (non-hydrogen) atoms. The van der Waals surface area contributed by atoms with Crippen LogP contribution in [-0.4, -0.2) is 32.4 Å². The summed E-state index contributed by atoms with van der Waals surface area (Å²) in [6, 6.07) is 17.3. The van der Waals surface area contributed by atoms with Gasteiger partial charge in [-0.15, -0.1) is 0 Å². The van der Waals surface area contributed by atoms with Crippen molar-refractivity contribution < 1.29 is 9.53 Å². The van der Waals surface area contributed by atoms with Gasteiger partial charge in [0.15, 0.2) is 0 Å². The minimum atomic E-state index is -0.758. The Morgan fingerprint density at radius 2 is 1.86 bits per heavy atom. The van der Waals surface area contributed by atoms with Crippen molar-refractivity contribution in [3.05, 3.63) is 99.2 Å². The number of imidazole rings is 1. The lowest BCUT2D eigenvalue weighted by molar-refractivity contribution is 0.0526. The van der Waals surface area contributed by atoms with Crippen LogP contribution in [0, 0.1) is 0 Å². The average Bonchev–Trinajstić information content (AvgIpc) is 3.37. The van der Waals surface area contributed by atoms with Gasteiger partial charge in [0, 0.05) is 28.9 Å². The van der Waals surface area contributed by atoms with Gasteiger partial charge in [0.05, 0.1) is 11.2 Å². The molecule has 5 rings (SSSR count). The molecule has 0 saturated carbocycles. The smallest absolute Gasteiger partial charge is 0.423 e. The standard InChI is InChI=1S/C28H24N4O3/c1-28(2,3)35-27(34)32-25(14-13-19-17-30-23-11-5-4-9-21(19)23)31-24(26(32)33)16-18-8-6-12-22-20(18)10-7-15-29-22/h4-17,31H,1-3H3/b19-13?,24-16-,25-14?. The summed E-state index contributed by atoms with van der Waals surface area (Å²) in [4.78, 5) is 38.3. The number of ether oxygens (including phenoxy) is 1. The molecule has 2 aromatic heterocycles. The fraction of sp³-hybridized carbons (Fsp3) is 0.143. The minimum Gasteiger partial charge on any atom is -0.443 e. The first-order chi connectivity index (χ1) is 16.8. The maximum Gasteiger partial charge on any atom is 0.423 e. The van der Waals surface area contributed by atoms with Crippen molar-refractivity contribution >= 4 is 46.6 Å². The van der Waals surface area contributed by atoms with Gasteiger partial charge in [-0.25, -0.2) is 4.79 Å². The van der Waals surface area contributed by atoms with Crippen molar-refractivity contribution in [2.45, 2.75) is 26.4 Å². The molecule has 0 bridgehead atoms. The summed E-state index contributed by atoms with van der Waals surface area (Å²) in [5.74, 6) is 0. The predicted octanol–water partition coefficient (Wildman–Crippen LogP) is 3.92. The van der Waals surface area contributed by atoms with E-state index in [1.165, 1.54) is 0 Å². The highest BCUT2D eigenvalue weighted by atomic mass is 16.6. The number of fused-ring (bicyclic) bond motifs is 2. The number of pyridine rings is 1. The summed E-state index contributed by atoms with van der Waals surface area (Å²) < 4.78 is 6.54. The molecule has 0 spiro atoms. The van der Waals surface area contributed by atoms with Crippen LogP contribution in [0.3, 0.4) is 0 Å². The number of hydrogen-bond donors (Lipinski definition) is 1. The monoisotopic (exact) mass is 464 g/mol. The lowest BCUT2D eigenvalue weighted by atomic mass is 10.1. The number of aromatic amines is 1. The van der Waals surface area contributed by atoms with Gasteiger partial charge in [0.25, 0.3) is 5.56 Å². The van der Waals surface area contributed by atoms with Gasteiger partial charge in [0.2, 0.25) is 0 Å². The zero-order valence-corrected chi connectivity index (χ0v) is 19.6. The Balaban J connectivity index is 1.69. The molecule has 3 heterocycles. The fourth-order valence-electron chi connectivity index (χ4n) is 3.93. The molecule has 0 amide bonds. The zero-order chi connectivity index (χ0) is 24.6. The van der Waals surface area contributed by atoms with Gasteiger partial charge in [0.1, 0.15) is 16.4 Å². The summed E-state index contributed by atoms with van der Waals surface area (Å²) in [5, 5.41) is 1.16. The van der Waals surface area contributed by atoms with E-state index in [9.17, 15) is 9.59 Å². The lowest BCUT2D eigenvalue weighted by Gasteiger charge is -2.19. The summed E-state index contributed by atoms with van der Waals surface area (Å²) in [7, 11) is 0. The zero-order valence-electron chi connectivity index (χ0n) is 19.6. The average molecular weight is 465 g/mol. The molecular formula is C28H24N4O3. The van der Waals surface area contributed by atoms with Gasteiger partial charge >= 0.3 is 6.09 Å². The molecule has 2 aromatic carbocycles. The number of aliphatic imine (C=N–C) groups is 1. The van der Waals surface area contributed by atoms with Crippen LogP contribution in [-0.2, 0) is 4.74 Å². The molecule has 1 aliphatic rings. The molecular weight excluding hydrogens is 440 g/mol. The number of hydrogen-bond acceptors (Lipinski definition) is 5. The largest absolute Gasteiger partial charge is 0.443 e. The van der Waals surface area contributed by atoms with E-state index in [1.807, 2.05) is 60.7 Å². The van der Waals surface area contributed by atoms with Gasteiger partial charge in [-0.05, 0) is 62.8 Å². The van der Waals surface area contributed by atoms with Gasteiger partial charge in [-0.2, -0.15) is 4.57 Å². The van der Waals surface area contributed by atoms with Crippen LogP contribution in [0.4, 0.5) is 10.5 Å². The highest BCUT2D eigenvalue weighted by Gasteiger charge is 2.21. The normalized spacial score (nSPS) is 15.2. The number of rotatable bonds is 2. The number of aromatic nitrogens is 3. The van der Waals surface area contributed by atoms with Crippen molar-refractivity contribution in [1.82, 2.24) is 14.5 Å². The summed E-state index contributed by atoms with van der Waals surface area (Å²) in [6.07, 6.45) is 7.98. The number of benzene rings is 2. The molecule has 7 heteroatoms. The number of nitrogens with one attached hydrogen (secondary N) is 1. The number of para-hydroxylation sites is 1. The highest BCUT2D eigenvalue weighted by Crippen LogP contribution is 2.30. The number of carbonyl (C=O) groups excluding carboxylic acids is 1. The molecule has 0 unspecified atom stereocenters. The van der Waals surface area contributed by atoms with E-state index >= 15 is 0 Å². The first-order valence-electron chi connectivity index (χ1n) is 11.3. The predicted molar refractivity (Wildman–Crippen MR) is 138 cm³/mol. The van der Waals surface area contributed by atoms with Crippen LogP contribution in [0.15, 0.2) is 76.7 Å². The summed E-state index contributed by atoms with van der Waals surface area (Å²) in [5.41, 5.74) is 3.42. The maximum absolute atomic E-state index is 13.4. The Morgan fingerprint density at radius 1 is 1.03 bits per heavy atom. The van der Waals surface area contributed by atoms with Crippen molar-refractivity contribution in [2.75, 3.05) is 0 Å². The second kappa shape index (κ2) is 8.68. The van der Waals surface area contributed by atoms with E-state index in [-0.39, 0.29) is 5.35 Å². The van der Waals surface area contributed by atoms with E-state index < -0.39 is 17.3 Å². The third-order valence-corrected chi connectivity index (χ3v) is 5.47. The first kappa shape index (κ1) is 22.3. The number of carbonyl (C=O) groups is 1. The minimum absolute atomic E-state index is 0.261. The first-order valence-corrected chi connectivity index (χ1v) is 11.3. The molecule has 0 fully saturated rings. The quantitative estimate of drug-likeness (QED) is 0.487. The molecule has 0 aliphatic carbocycles. The summed E-state index contributed by atoms with van der Waals surface area (Å²) in [6.45, 7) is 5.28. The molecule has 0 atom stereocenters. The Kier molecular flexibility index (Phi) is 5.53. The SMILES string of the molecule is CC(C)(C)OC(=O)n1c(=CC=C2C=Nc3ccccc32)[nH]/c(=C\c2cccc3ncccc23)c1=O. The number of H-pyrrole nitrogens is 1. The van der Waals surface area contributed by atoms with Crippen molar-refractivity contribution in [3.63, 3.8) is 0 Å². The van der Waals surface area contributed by atoms with Crippen LogP contribution >= 0.6 is 0 Å². The van der Waals surface area contributed by atoms with E-state index in [0.717, 1.165) is 37.9 Å². The van der Waals surface area contributed by atoms with Crippen LogP contribution in [0.1, 0.15) is 31.9 Å². The molecule has 1 aliphatic heterocycles. The van der Waals surface area contributed by atoms with Gasteiger partial charge in [-0.3, -0.25) is 14.8 Å². The topological polar surface area (TPSA) is 89.3 Å². The Bertz CT molecular complexity index is 1690. The molecule has 0 radical (unpaired) electrons. The molecule has 7 nitrogen and oxygen atoms in total. The van der Waals surface area contributed by atoms with Crippen molar-refractivity contribution in [3.8, 4) is 0 Å². The third-order valence-electron chi connectivity index (χ3n) is 5.47. The summed E-state index contributed by atoms with van der Waals surface area (Å²) >= 11 is 0. The molecule has 174 valence electrons. The maximum atomic E-state index is 13.4. The molecule has 1 N–H and O–H groups in total. The Labute approximate surface area is 201 Å². The molecule has 4 aromatic rings. The van der Waals surface area contributed by atoms with E-state index in [1.54, 1.807) is 45.3 Å². The highest BCUT2D eigenvalue weighted by molar-refractivity contribution is 6.17. The van der Waals surface area contributed by atoms with E-state index in [4.69, 9.17) is 4.74 Å². The van der Waals surface area contributed by atoms with Crippen LogP contribution in [0.5, 0.6) is 0 Å². The van der Waals surface area contributed by atoms with E-state index in [2.05, 4.69) is 15.0 Å². The number of nitrogens with zero attached hydrogens (tertiary/aromatic N) is 3. The van der Waals surface area contributed by atoms with Crippen LogP contribution < -0.4 is 16.4 Å². The molecule has 0 saturated heterocycles. The van der Waals surface area contributed by atoms with Crippen LogP contribution in [0.2, 0.25) is 0 Å². The lowest BCUT2D eigenvalue weighted by Crippen LogP contribution is -2.40. The second-order valence-corrected chi connectivity index (χ2v) is 9.17. The Morgan fingerprint density at radius 3 is 2.69 bits per heavy atom. The number of allylic oxidation sites excluding steroid dienone is 2. The van der Waals surface area contributed by atoms with Crippen molar-refractivity contribution in [2.24, 2.45) is 4.99 Å². The third kappa shape index (κ3) is 4.48. The fourth-order valence-corrected chi connectivity index (χ4v) is 3.93. The van der Waals surface area contributed by atoms with Crippen molar-refractivity contribution in [1.29, 1.82) is 0 Å².